The van der Waals surface area contributed by atoms with Crippen molar-refractivity contribution in [2.24, 2.45) is 10.3 Å². The van der Waals surface area contributed by atoms with Gasteiger partial charge in [-0.1, -0.05) is 35.0 Å². The molecule has 1 aromatic heterocycles. The second kappa shape index (κ2) is 10.9. The Morgan fingerprint density at radius 2 is 1.97 bits per heavy atom. The van der Waals surface area contributed by atoms with Gasteiger partial charge in [-0.25, -0.2) is 0 Å². The maximum atomic E-state index is 10.8. The fourth-order valence-corrected chi connectivity index (χ4v) is 3.99. The molecule has 2 aromatic rings. The number of benzene rings is 1. The lowest BCUT2D eigenvalue weighted by Crippen LogP contribution is -2.35. The Kier molecular flexibility index (Phi) is 7.47. The first-order valence-electron chi connectivity index (χ1n) is 11.2. The summed E-state index contributed by atoms with van der Waals surface area (Å²) in [6.45, 7) is 3.72. The highest BCUT2D eigenvalue weighted by Gasteiger charge is 2.23. The summed E-state index contributed by atoms with van der Waals surface area (Å²) in [6.07, 6.45) is 9.95. The number of carboxylic acids is 1. The monoisotopic (exact) mass is 447 g/mol. The van der Waals surface area contributed by atoms with Gasteiger partial charge in [-0.3, -0.25) is 14.7 Å². The molecule has 1 fully saturated rings. The highest BCUT2D eigenvalue weighted by molar-refractivity contribution is 6.01. The van der Waals surface area contributed by atoms with Gasteiger partial charge in [0.15, 0.2) is 6.10 Å². The van der Waals surface area contributed by atoms with Crippen molar-refractivity contribution in [3.63, 3.8) is 0 Å². The molecule has 3 heterocycles. The van der Waals surface area contributed by atoms with Gasteiger partial charge in [-0.2, -0.15) is 5.10 Å². The van der Waals surface area contributed by atoms with Gasteiger partial charge in [0.2, 0.25) is 0 Å². The molecule has 0 spiro atoms. The topological polar surface area (TPSA) is 99.4 Å². The Morgan fingerprint density at radius 3 is 2.67 bits per heavy atom. The number of carbonyl (C=O) groups is 1. The highest BCUT2D eigenvalue weighted by atomic mass is 16.6. The number of hydrogen-bond donors (Lipinski definition) is 2. The zero-order valence-corrected chi connectivity index (χ0v) is 18.7. The average Bonchev–Trinajstić information content (AvgIpc) is 3.29. The number of piperidine rings is 1. The molecule has 2 aliphatic rings. The van der Waals surface area contributed by atoms with Crippen molar-refractivity contribution in [1.29, 1.82) is 0 Å². The first-order chi connectivity index (χ1) is 16.1. The fraction of sp³-hybridized carbons (Fsp3) is 0.360. The number of aromatic nitrogens is 1. The summed E-state index contributed by atoms with van der Waals surface area (Å²) in [5.41, 5.74) is 8.56. The predicted molar refractivity (Wildman–Crippen MR) is 127 cm³/mol. The lowest BCUT2D eigenvalue weighted by atomic mass is 9.98. The summed E-state index contributed by atoms with van der Waals surface area (Å²) in [4.78, 5) is 22.5. The maximum absolute atomic E-state index is 10.8. The fourth-order valence-electron chi connectivity index (χ4n) is 3.99. The molecule has 2 N–H and O–H groups in total. The molecule has 0 aliphatic carbocycles. The number of likely N-dealkylation sites (tertiary alicyclic amines) is 1. The van der Waals surface area contributed by atoms with Crippen molar-refractivity contribution >= 4 is 17.9 Å². The predicted octanol–water partition coefficient (Wildman–Crippen LogP) is 3.37. The molecule has 0 bridgehead atoms. The van der Waals surface area contributed by atoms with Gasteiger partial charge in [0.25, 0.3) is 0 Å². The highest BCUT2D eigenvalue weighted by Crippen LogP contribution is 2.23. The van der Waals surface area contributed by atoms with Crippen LogP contribution >= 0.6 is 0 Å². The number of carboxylic acid groups (broad SMARTS) is 1. The second-order valence-corrected chi connectivity index (χ2v) is 8.39. The molecule has 0 saturated carbocycles. The van der Waals surface area contributed by atoms with Gasteiger partial charge in [-0.05, 0) is 54.7 Å². The summed E-state index contributed by atoms with van der Waals surface area (Å²) in [5, 5.41) is 17.6. The van der Waals surface area contributed by atoms with E-state index in [0.29, 0.717) is 0 Å². The molecule has 33 heavy (non-hydrogen) atoms. The van der Waals surface area contributed by atoms with Gasteiger partial charge in [-0.15, -0.1) is 0 Å². The Labute approximate surface area is 193 Å². The van der Waals surface area contributed by atoms with Crippen molar-refractivity contribution in [2.45, 2.75) is 38.3 Å². The summed E-state index contributed by atoms with van der Waals surface area (Å²) in [6, 6.07) is 12.2. The van der Waals surface area contributed by atoms with Crippen molar-refractivity contribution in [2.75, 3.05) is 19.6 Å². The van der Waals surface area contributed by atoms with Crippen LogP contribution in [0.25, 0.3) is 0 Å². The van der Waals surface area contributed by atoms with Crippen LogP contribution in [0.1, 0.15) is 48.9 Å². The van der Waals surface area contributed by atoms with Gasteiger partial charge in [0.1, 0.15) is 0 Å². The Morgan fingerprint density at radius 1 is 1.24 bits per heavy atom. The van der Waals surface area contributed by atoms with E-state index in [1.807, 2.05) is 41.3 Å². The molecular weight excluding hydrogens is 418 g/mol. The van der Waals surface area contributed by atoms with Crippen molar-refractivity contribution in [1.82, 2.24) is 15.3 Å². The molecule has 172 valence electrons. The zero-order valence-electron chi connectivity index (χ0n) is 18.7. The molecule has 1 saturated heterocycles. The zero-order chi connectivity index (χ0) is 23.0. The van der Waals surface area contributed by atoms with Gasteiger partial charge in [0, 0.05) is 31.9 Å². The number of hydrazone groups is 1. The number of nitrogens with zero attached hydrogens (tertiary/aromatic N) is 4. The van der Waals surface area contributed by atoms with Crippen LogP contribution in [0.5, 0.6) is 0 Å². The van der Waals surface area contributed by atoms with Gasteiger partial charge < -0.3 is 15.4 Å². The van der Waals surface area contributed by atoms with Crippen molar-refractivity contribution in [3.05, 3.63) is 77.1 Å². The summed E-state index contributed by atoms with van der Waals surface area (Å²) >= 11 is 0. The van der Waals surface area contributed by atoms with E-state index >= 15 is 0 Å². The van der Waals surface area contributed by atoms with Gasteiger partial charge in [0.05, 0.1) is 24.5 Å². The van der Waals surface area contributed by atoms with E-state index in [2.05, 4.69) is 33.7 Å². The third kappa shape index (κ3) is 6.49. The molecule has 2 aliphatic heterocycles. The standard InChI is InChI=1S/C25H29N5O3/c1-18(21-6-10-26-11-7-21)28-27-16-20-2-4-22(5-3-20)24-15-23(33-29-24)14-19-8-12-30(13-9-19)17-25(31)32/h2-7,10-11,14,16,18,23,28H,8-9,12-13,15,17H2,1H3,(H,31,32)/b27-16+. The lowest BCUT2D eigenvalue weighted by molar-refractivity contribution is -0.138. The number of oxime groups is 1. The molecule has 2 atom stereocenters. The molecule has 0 radical (unpaired) electrons. The molecule has 0 amide bonds. The first kappa shape index (κ1) is 22.7. The first-order valence-corrected chi connectivity index (χ1v) is 11.2. The third-order valence-corrected chi connectivity index (χ3v) is 5.90. The number of hydrogen-bond acceptors (Lipinski definition) is 7. The largest absolute Gasteiger partial charge is 0.480 e. The third-order valence-electron chi connectivity index (χ3n) is 5.90. The molecule has 1 aromatic carbocycles. The minimum absolute atomic E-state index is 0.0545. The van der Waals surface area contributed by atoms with E-state index in [0.717, 1.165) is 54.8 Å². The minimum Gasteiger partial charge on any atom is -0.480 e. The lowest BCUT2D eigenvalue weighted by Gasteiger charge is -2.27. The minimum atomic E-state index is -0.771. The Balaban J connectivity index is 1.25. The smallest absolute Gasteiger partial charge is 0.317 e. The van der Waals surface area contributed by atoms with Crippen LogP contribution in [0, 0.1) is 0 Å². The van der Waals surface area contributed by atoms with Gasteiger partial charge >= 0.3 is 5.97 Å². The van der Waals surface area contributed by atoms with Crippen LogP contribution in [0.3, 0.4) is 0 Å². The second-order valence-electron chi connectivity index (χ2n) is 8.39. The molecular formula is C25H29N5O3. The molecule has 8 heteroatoms. The van der Waals surface area contributed by atoms with E-state index in [4.69, 9.17) is 9.94 Å². The van der Waals surface area contributed by atoms with Crippen LogP contribution in [-0.4, -0.2) is 58.6 Å². The number of rotatable bonds is 8. The average molecular weight is 448 g/mol. The van der Waals surface area contributed by atoms with Crippen LogP contribution in [0.2, 0.25) is 0 Å². The van der Waals surface area contributed by atoms with E-state index in [1.165, 1.54) is 5.57 Å². The maximum Gasteiger partial charge on any atom is 0.317 e. The van der Waals surface area contributed by atoms with Crippen molar-refractivity contribution < 1.29 is 14.7 Å². The normalized spacial score (nSPS) is 19.7. The number of nitrogens with one attached hydrogen (secondary N) is 1. The summed E-state index contributed by atoms with van der Waals surface area (Å²) in [7, 11) is 0. The Bertz CT molecular complexity index is 1020. The molecule has 8 nitrogen and oxygen atoms in total. The Hall–Kier alpha value is -3.52. The quantitative estimate of drug-likeness (QED) is 0.366. The van der Waals surface area contributed by atoms with Crippen LogP contribution < -0.4 is 5.43 Å². The number of aliphatic carboxylic acids is 1. The summed E-state index contributed by atoms with van der Waals surface area (Å²) < 4.78 is 0. The molecule has 2 unspecified atom stereocenters. The van der Waals surface area contributed by atoms with Crippen LogP contribution in [0.4, 0.5) is 0 Å². The van der Waals surface area contributed by atoms with E-state index in [1.54, 1.807) is 18.6 Å². The molecule has 4 rings (SSSR count). The van der Waals surface area contributed by atoms with E-state index in [9.17, 15) is 4.79 Å². The van der Waals surface area contributed by atoms with Crippen LogP contribution in [0.15, 0.2) is 70.7 Å². The van der Waals surface area contributed by atoms with E-state index in [-0.39, 0.29) is 18.7 Å². The van der Waals surface area contributed by atoms with Crippen LogP contribution in [-0.2, 0) is 9.63 Å². The number of pyridine rings is 1. The van der Waals surface area contributed by atoms with E-state index < -0.39 is 5.97 Å². The SMILES string of the molecule is CC(N/N=C/c1ccc(C2=NOC(C=C3CCN(CC(=O)O)CC3)C2)cc1)c1ccncc1. The van der Waals surface area contributed by atoms with Crippen molar-refractivity contribution in [3.8, 4) is 0 Å². The summed E-state index contributed by atoms with van der Waals surface area (Å²) in [5.74, 6) is -0.771.